The van der Waals surface area contributed by atoms with E-state index in [0.717, 1.165) is 138 Å². The fraction of sp³-hybridized carbons (Fsp3) is 0. The number of hydrogen-bond donors (Lipinski definition) is 0. The highest BCUT2D eigenvalue weighted by Gasteiger charge is 2.25. The fourth-order valence-electron chi connectivity index (χ4n) is 12.7. The molecule has 3 heterocycles. The van der Waals surface area contributed by atoms with Crippen LogP contribution >= 0.6 is 0 Å². The highest BCUT2D eigenvalue weighted by Crippen LogP contribution is 2.46. The summed E-state index contributed by atoms with van der Waals surface area (Å²) in [5.41, 5.74) is 22.4. The second-order valence-corrected chi connectivity index (χ2v) is 22.3. The quantitative estimate of drug-likeness (QED) is 0.129. The third kappa shape index (κ3) is 9.28. The molecule has 13 aromatic carbocycles. The second-order valence-electron chi connectivity index (χ2n) is 22.3. The Hall–Kier alpha value is -12.0. The van der Waals surface area contributed by atoms with Gasteiger partial charge >= 0.3 is 0 Å². The standard InChI is InChI=1S/C82H52N6/c83-53-54-20-19-33-61(46-54)66-34-40-68(79(52-66)88-77-43-37-64(57-25-11-3-12-26-57)49-72(77)73-50-65(38-44-78(73)88)58-27-13-4-14-28-58)69-51-67(82-85-80(59-29-15-5-16-30-59)84-81(86-82)60-31-17-6-18-32-60)39-45-74(69)87-75-41-35-62(55-21-7-1-8-22-55)47-70(75)71-48-63(36-42-76(71)87)56-23-9-2-10-24-56/h1-52H. The number of benzene rings is 13. The lowest BCUT2D eigenvalue weighted by atomic mass is 9.94. The molecule has 16 rings (SSSR count). The van der Waals surface area contributed by atoms with Gasteiger partial charge in [-0.05, 0) is 141 Å². The van der Waals surface area contributed by atoms with Crippen molar-refractivity contribution in [2.24, 2.45) is 0 Å². The van der Waals surface area contributed by atoms with E-state index in [4.69, 9.17) is 15.0 Å². The van der Waals surface area contributed by atoms with Gasteiger partial charge in [0.15, 0.2) is 17.5 Å². The normalized spacial score (nSPS) is 11.4. The van der Waals surface area contributed by atoms with Crippen molar-refractivity contribution in [3.05, 3.63) is 321 Å². The van der Waals surface area contributed by atoms with E-state index in [-0.39, 0.29) is 0 Å². The second kappa shape index (κ2) is 21.9. The van der Waals surface area contributed by atoms with Gasteiger partial charge in [0.05, 0.1) is 45.1 Å². The van der Waals surface area contributed by atoms with Crippen molar-refractivity contribution in [2.75, 3.05) is 0 Å². The van der Waals surface area contributed by atoms with E-state index in [2.05, 4.69) is 276 Å². The summed E-state index contributed by atoms with van der Waals surface area (Å²) in [7, 11) is 0. The van der Waals surface area contributed by atoms with Crippen molar-refractivity contribution in [1.29, 1.82) is 5.26 Å². The highest BCUT2D eigenvalue weighted by atomic mass is 15.0. The van der Waals surface area contributed by atoms with Gasteiger partial charge in [0.2, 0.25) is 0 Å². The van der Waals surface area contributed by atoms with Gasteiger partial charge in [0.1, 0.15) is 0 Å². The van der Waals surface area contributed by atoms with Gasteiger partial charge in [-0.15, -0.1) is 0 Å². The molecule has 0 aliphatic heterocycles. The average molecular weight is 1120 g/mol. The lowest BCUT2D eigenvalue weighted by molar-refractivity contribution is 1.07. The Kier molecular flexibility index (Phi) is 12.8. The molecule has 88 heavy (non-hydrogen) atoms. The topological polar surface area (TPSA) is 72.3 Å². The summed E-state index contributed by atoms with van der Waals surface area (Å²) in [6.45, 7) is 0. The number of fused-ring (bicyclic) bond motifs is 6. The first-order valence-electron chi connectivity index (χ1n) is 29.6. The van der Waals surface area contributed by atoms with Crippen LogP contribution in [0.2, 0.25) is 0 Å². The lowest BCUT2D eigenvalue weighted by Gasteiger charge is -2.21. The molecule has 0 fully saturated rings. The molecule has 6 nitrogen and oxygen atoms in total. The van der Waals surface area contributed by atoms with Crippen molar-refractivity contribution in [3.8, 4) is 118 Å². The summed E-state index contributed by atoms with van der Waals surface area (Å²) < 4.78 is 4.90. The Morgan fingerprint density at radius 3 is 0.943 bits per heavy atom. The van der Waals surface area contributed by atoms with Gasteiger partial charge < -0.3 is 9.13 Å². The summed E-state index contributed by atoms with van der Waals surface area (Å²) >= 11 is 0. The van der Waals surface area contributed by atoms with Crippen LogP contribution in [0.1, 0.15) is 5.56 Å². The molecule has 3 aromatic heterocycles. The van der Waals surface area contributed by atoms with Crippen LogP contribution in [0.25, 0.3) is 156 Å². The molecule has 0 atom stereocenters. The molecule has 0 aliphatic rings. The molecule has 16 aromatic rings. The SMILES string of the molecule is N#Cc1cccc(-c2ccc(-c3cc(-c4nc(-c5ccccc5)nc(-c5ccccc5)n4)ccc3-n3c4ccc(-c5ccccc5)cc4c4cc(-c5ccccc5)ccc43)c(-n3c4ccc(-c5ccccc5)cc4c4cc(-c5ccccc5)ccc43)c2)c1. The maximum absolute atomic E-state index is 10.3. The number of nitriles is 1. The molecular formula is C82H52N6. The minimum atomic E-state index is 0.549. The van der Waals surface area contributed by atoms with Crippen LogP contribution in [0.5, 0.6) is 0 Å². The zero-order valence-electron chi connectivity index (χ0n) is 47.7. The minimum absolute atomic E-state index is 0.549. The molecular weight excluding hydrogens is 1070 g/mol. The van der Waals surface area contributed by atoms with Crippen LogP contribution in [-0.2, 0) is 0 Å². The molecule has 410 valence electrons. The zero-order valence-corrected chi connectivity index (χ0v) is 47.7. The molecule has 0 saturated carbocycles. The Balaban J connectivity index is 1.02. The molecule has 6 heteroatoms. The predicted octanol–water partition coefficient (Wildman–Crippen LogP) is 20.9. The monoisotopic (exact) mass is 1120 g/mol. The van der Waals surface area contributed by atoms with E-state index in [0.29, 0.717) is 23.0 Å². The van der Waals surface area contributed by atoms with Crippen LogP contribution in [0.4, 0.5) is 0 Å². The van der Waals surface area contributed by atoms with Crippen molar-refractivity contribution in [2.45, 2.75) is 0 Å². The first kappa shape index (κ1) is 51.6. The third-order valence-corrected chi connectivity index (χ3v) is 17.0. The van der Waals surface area contributed by atoms with E-state index in [9.17, 15) is 5.26 Å². The number of hydrogen-bond acceptors (Lipinski definition) is 4. The first-order chi connectivity index (χ1) is 43.6. The largest absolute Gasteiger partial charge is 0.309 e. The van der Waals surface area contributed by atoms with E-state index in [1.807, 2.05) is 54.6 Å². The van der Waals surface area contributed by atoms with Gasteiger partial charge in [-0.2, -0.15) is 5.26 Å². The first-order valence-corrected chi connectivity index (χ1v) is 29.6. The number of rotatable bonds is 11. The Morgan fingerprint density at radius 1 is 0.227 bits per heavy atom. The predicted molar refractivity (Wildman–Crippen MR) is 362 cm³/mol. The molecule has 0 aliphatic carbocycles. The van der Waals surface area contributed by atoms with Crippen molar-refractivity contribution < 1.29 is 0 Å². The summed E-state index contributed by atoms with van der Waals surface area (Å²) in [6, 6.07) is 114. The Labute approximate surface area is 509 Å². The van der Waals surface area contributed by atoms with Gasteiger partial charge in [-0.1, -0.05) is 231 Å². The van der Waals surface area contributed by atoms with E-state index in [1.165, 1.54) is 0 Å². The van der Waals surface area contributed by atoms with Gasteiger partial charge in [0, 0.05) is 49.4 Å². The maximum atomic E-state index is 10.3. The number of nitrogens with zero attached hydrogens (tertiary/aromatic N) is 6. The fourth-order valence-corrected chi connectivity index (χ4v) is 12.7. The molecule has 0 bridgehead atoms. The Morgan fingerprint density at radius 2 is 0.545 bits per heavy atom. The molecule has 0 N–H and O–H groups in total. The smallest absolute Gasteiger partial charge is 0.164 e. The Bertz CT molecular complexity index is 5110. The van der Waals surface area contributed by atoms with Gasteiger partial charge in [-0.3, -0.25) is 0 Å². The van der Waals surface area contributed by atoms with Crippen LogP contribution in [-0.4, -0.2) is 24.1 Å². The lowest BCUT2D eigenvalue weighted by Crippen LogP contribution is -2.04. The summed E-state index contributed by atoms with van der Waals surface area (Å²) in [5, 5.41) is 14.8. The van der Waals surface area contributed by atoms with Crippen LogP contribution < -0.4 is 0 Å². The van der Waals surface area contributed by atoms with Crippen LogP contribution in [0.15, 0.2) is 315 Å². The van der Waals surface area contributed by atoms with Gasteiger partial charge in [0.25, 0.3) is 0 Å². The van der Waals surface area contributed by atoms with E-state index >= 15 is 0 Å². The molecule has 0 unspecified atom stereocenters. The summed E-state index contributed by atoms with van der Waals surface area (Å²) in [4.78, 5) is 15.8. The molecule has 0 saturated heterocycles. The number of aromatic nitrogens is 5. The van der Waals surface area contributed by atoms with Crippen molar-refractivity contribution in [1.82, 2.24) is 24.1 Å². The van der Waals surface area contributed by atoms with Crippen molar-refractivity contribution >= 4 is 43.6 Å². The third-order valence-electron chi connectivity index (χ3n) is 17.0. The molecule has 0 spiro atoms. The van der Waals surface area contributed by atoms with E-state index in [1.54, 1.807) is 0 Å². The van der Waals surface area contributed by atoms with Crippen LogP contribution in [0.3, 0.4) is 0 Å². The van der Waals surface area contributed by atoms with E-state index < -0.39 is 0 Å². The molecule has 0 radical (unpaired) electrons. The van der Waals surface area contributed by atoms with Crippen LogP contribution in [0, 0.1) is 11.3 Å². The average Bonchev–Trinajstić information content (AvgIpc) is 1.74. The summed E-state index contributed by atoms with van der Waals surface area (Å²) in [6.07, 6.45) is 0. The van der Waals surface area contributed by atoms with Gasteiger partial charge in [-0.25, -0.2) is 15.0 Å². The minimum Gasteiger partial charge on any atom is -0.309 e. The molecule has 0 amide bonds. The zero-order chi connectivity index (χ0) is 58.5. The highest BCUT2D eigenvalue weighted by molar-refractivity contribution is 6.14. The summed E-state index contributed by atoms with van der Waals surface area (Å²) in [5.74, 6) is 1.72. The maximum Gasteiger partial charge on any atom is 0.164 e. The van der Waals surface area contributed by atoms with Crippen molar-refractivity contribution in [3.63, 3.8) is 0 Å².